The first-order valence-electron chi connectivity index (χ1n) is 19.4. The molecule has 0 aliphatic carbocycles. The van der Waals surface area contributed by atoms with Gasteiger partial charge in [0, 0.05) is 0 Å². The first kappa shape index (κ1) is 46.9. The third-order valence-electron chi connectivity index (χ3n) is 9.18. The summed E-state index contributed by atoms with van der Waals surface area (Å²) in [7, 11) is 0. The molecule has 0 aromatic heterocycles. The molecule has 0 aromatic rings. The Morgan fingerprint density at radius 2 is 0.612 bits per heavy atom. The molecule has 0 heterocycles. The van der Waals surface area contributed by atoms with E-state index in [1.54, 1.807) is 0 Å². The summed E-state index contributed by atoms with van der Waals surface area (Å²) < 4.78 is 22.6. The van der Waals surface area contributed by atoms with Crippen molar-refractivity contribution >= 4 is 44.4 Å². The average Bonchev–Trinajstić information content (AvgIpc) is 3.08. The Balaban J connectivity index is 6.27. The van der Waals surface area contributed by atoms with Gasteiger partial charge in [-0.3, -0.25) is 0 Å². The van der Waals surface area contributed by atoms with Crippen LogP contribution >= 0.6 is 0 Å². The predicted molar refractivity (Wildman–Crippen MR) is 197 cm³/mol. The Kier molecular flexibility index (Phi) is 28.3. The molecule has 0 saturated carbocycles. The van der Waals surface area contributed by atoms with Crippen molar-refractivity contribution in [2.75, 3.05) is 26.2 Å². The van der Waals surface area contributed by atoms with Gasteiger partial charge in [0.15, 0.2) is 0 Å². The fourth-order valence-corrected chi connectivity index (χ4v) is 9.54. The molecule has 13 heteroatoms. The van der Waals surface area contributed by atoms with Gasteiger partial charge in [0.1, 0.15) is 0 Å². The van der Waals surface area contributed by atoms with Gasteiger partial charge in [-0.1, -0.05) is 0 Å². The summed E-state index contributed by atoms with van der Waals surface area (Å²) in [5, 5.41) is 10.9. The van der Waals surface area contributed by atoms with Crippen molar-refractivity contribution in [2.24, 2.45) is 23.7 Å². The molecule has 288 valence electrons. The molecule has 49 heavy (non-hydrogen) atoms. The van der Waals surface area contributed by atoms with Crippen molar-refractivity contribution < 1.29 is 31.5 Å². The molecule has 4 amide bonds. The average molecular weight is 808 g/mol. The second-order valence-corrected chi connectivity index (χ2v) is 18.4. The predicted octanol–water partition coefficient (Wildman–Crippen LogP) is 9.19. The van der Waals surface area contributed by atoms with E-state index in [-0.39, 0.29) is 23.7 Å². The fraction of sp³-hybridized carbons (Fsp3) is 0.889. The van der Waals surface area contributed by atoms with Crippen LogP contribution in [-0.2, 0) is 12.3 Å². The first-order chi connectivity index (χ1) is 23.5. The molecular formula is C36H72N4O8Sn. The molecule has 0 aliphatic rings. The van der Waals surface area contributed by atoms with E-state index < -0.39 is 44.4 Å². The zero-order valence-electron chi connectivity index (χ0n) is 32.2. The maximum atomic E-state index is 13.3. The van der Waals surface area contributed by atoms with Gasteiger partial charge in [-0.05, 0) is 0 Å². The molecule has 0 aromatic carbocycles. The fourth-order valence-electron chi connectivity index (χ4n) is 5.41. The van der Waals surface area contributed by atoms with Gasteiger partial charge in [0.05, 0.1) is 0 Å². The molecule has 0 saturated heterocycles. The summed E-state index contributed by atoms with van der Waals surface area (Å²) >= 11 is -6.15. The van der Waals surface area contributed by atoms with Crippen LogP contribution < -0.4 is 21.3 Å². The zero-order valence-corrected chi connectivity index (χ0v) is 35.1. The standard InChI is InChI=1S/4C9H19NO2.Sn/c4*1-3-5-6-8(4-2)7-10-9(11)12;/h4*8,10H,3-7H2,1-2H3,(H,11,12);/q;;;;+4/p-4. The molecule has 0 fully saturated rings. The van der Waals surface area contributed by atoms with Gasteiger partial charge in [-0.2, -0.15) is 0 Å². The van der Waals surface area contributed by atoms with Crippen LogP contribution in [0.15, 0.2) is 0 Å². The Labute approximate surface area is 304 Å². The van der Waals surface area contributed by atoms with Crippen LogP contribution in [0, 0.1) is 23.7 Å². The Hall–Kier alpha value is -2.12. The van der Waals surface area contributed by atoms with Crippen molar-refractivity contribution in [3.8, 4) is 0 Å². The number of unbranched alkanes of at least 4 members (excludes halogenated alkanes) is 4. The van der Waals surface area contributed by atoms with Crippen molar-refractivity contribution in [3.63, 3.8) is 0 Å². The number of nitrogens with one attached hydrogen (secondary N) is 4. The van der Waals surface area contributed by atoms with Gasteiger partial charge >= 0.3 is 305 Å². The van der Waals surface area contributed by atoms with E-state index in [0.717, 1.165) is 103 Å². The van der Waals surface area contributed by atoms with E-state index in [1.807, 2.05) is 27.7 Å². The van der Waals surface area contributed by atoms with E-state index in [1.165, 1.54) is 0 Å². The molecule has 12 nitrogen and oxygen atoms in total. The molecule has 0 spiro atoms. The van der Waals surface area contributed by atoms with Gasteiger partial charge in [-0.25, -0.2) is 0 Å². The molecule has 0 radical (unpaired) electrons. The summed E-state index contributed by atoms with van der Waals surface area (Å²) in [6.07, 6.45) is 11.3. The minimum absolute atomic E-state index is 0.201. The molecule has 4 atom stereocenters. The Bertz CT molecular complexity index is 756. The molecule has 0 bridgehead atoms. The van der Waals surface area contributed by atoms with Crippen molar-refractivity contribution in [3.05, 3.63) is 0 Å². The zero-order chi connectivity index (χ0) is 36.9. The van der Waals surface area contributed by atoms with Crippen LogP contribution in [0.1, 0.15) is 158 Å². The van der Waals surface area contributed by atoms with Crippen LogP contribution in [0.2, 0.25) is 0 Å². The second-order valence-electron chi connectivity index (χ2n) is 13.2. The quantitative estimate of drug-likeness (QED) is 0.0571. The summed E-state index contributed by atoms with van der Waals surface area (Å²) in [5.41, 5.74) is 0. The molecule has 4 unspecified atom stereocenters. The molecule has 0 rings (SSSR count). The van der Waals surface area contributed by atoms with Crippen LogP contribution in [-0.4, -0.2) is 70.6 Å². The van der Waals surface area contributed by atoms with Crippen molar-refractivity contribution in [2.45, 2.75) is 158 Å². The van der Waals surface area contributed by atoms with E-state index in [4.69, 9.17) is 12.3 Å². The van der Waals surface area contributed by atoms with Gasteiger partial charge in [0.2, 0.25) is 0 Å². The second kappa shape index (κ2) is 29.6. The van der Waals surface area contributed by atoms with Crippen LogP contribution in [0.3, 0.4) is 0 Å². The Morgan fingerprint density at radius 1 is 0.408 bits per heavy atom. The number of rotatable bonds is 28. The summed E-state index contributed by atoms with van der Waals surface area (Å²) in [6, 6.07) is 0. The number of carbonyl (C=O) groups excluding carboxylic acids is 4. The SMILES string of the molecule is CCCCC(CC)CNC(=O)[O][Sn]([O]C(=O)NCC(CC)CCCC)([O]C(=O)NCC(CC)CCCC)[O]C(=O)NCC(CC)CCCC. The summed E-state index contributed by atoms with van der Waals surface area (Å²) in [6.45, 7) is 17.8. The minimum atomic E-state index is -6.15. The van der Waals surface area contributed by atoms with Crippen LogP contribution in [0.4, 0.5) is 19.2 Å². The van der Waals surface area contributed by atoms with Crippen LogP contribution in [0.25, 0.3) is 0 Å². The number of amides is 4. The maximum absolute atomic E-state index is 13.3. The van der Waals surface area contributed by atoms with Gasteiger partial charge in [-0.15, -0.1) is 0 Å². The van der Waals surface area contributed by atoms with Crippen LogP contribution in [0.5, 0.6) is 0 Å². The van der Waals surface area contributed by atoms with E-state index >= 15 is 0 Å². The summed E-state index contributed by atoms with van der Waals surface area (Å²) in [5.74, 6) is 0.804. The number of hydrogen-bond acceptors (Lipinski definition) is 8. The third kappa shape index (κ3) is 23.1. The van der Waals surface area contributed by atoms with Crippen molar-refractivity contribution in [1.82, 2.24) is 21.3 Å². The monoisotopic (exact) mass is 808 g/mol. The molecular weight excluding hydrogens is 735 g/mol. The number of hydrogen-bond donors (Lipinski definition) is 4. The van der Waals surface area contributed by atoms with E-state index in [0.29, 0.717) is 26.2 Å². The third-order valence-corrected chi connectivity index (χ3v) is 14.2. The van der Waals surface area contributed by atoms with Crippen molar-refractivity contribution in [1.29, 1.82) is 0 Å². The molecule has 4 N–H and O–H groups in total. The topological polar surface area (TPSA) is 153 Å². The summed E-state index contributed by atoms with van der Waals surface area (Å²) in [4.78, 5) is 53.1. The normalized spacial score (nSPS) is 14.7. The van der Waals surface area contributed by atoms with E-state index in [2.05, 4.69) is 49.0 Å². The molecule has 0 aliphatic heterocycles. The first-order valence-corrected chi connectivity index (χ1v) is 24.1. The Morgan fingerprint density at radius 3 is 0.776 bits per heavy atom. The number of carbonyl (C=O) groups is 4. The van der Waals surface area contributed by atoms with Gasteiger partial charge < -0.3 is 0 Å². The van der Waals surface area contributed by atoms with Gasteiger partial charge in [0.25, 0.3) is 0 Å². The van der Waals surface area contributed by atoms with E-state index in [9.17, 15) is 19.2 Å².